The first kappa shape index (κ1) is 9.75. The van der Waals surface area contributed by atoms with E-state index < -0.39 is 0 Å². The van der Waals surface area contributed by atoms with Gasteiger partial charge in [-0.1, -0.05) is 0 Å². The van der Waals surface area contributed by atoms with Gasteiger partial charge in [0.15, 0.2) is 0 Å². The molecule has 2 rings (SSSR count). The van der Waals surface area contributed by atoms with Gasteiger partial charge in [-0.2, -0.15) is 0 Å². The monoisotopic (exact) mass is 203 g/mol. The van der Waals surface area contributed by atoms with Crippen molar-refractivity contribution in [3.8, 4) is 0 Å². The number of hydrogen-bond donors (Lipinski definition) is 1. The third-order valence-electron chi connectivity index (χ3n) is 3.07. The second kappa shape index (κ2) is 4.63. The highest BCUT2D eigenvalue weighted by Crippen LogP contribution is 2.31. The van der Waals surface area contributed by atoms with Gasteiger partial charge in [-0.3, -0.25) is 0 Å². The number of halogens is 1. The van der Waals surface area contributed by atoms with Crippen LogP contribution < -0.4 is 5.32 Å². The molecule has 2 nitrogen and oxygen atoms in total. The Hall–Kier alpha value is 0.210. The highest BCUT2D eigenvalue weighted by molar-refractivity contribution is 6.21. The van der Waals surface area contributed by atoms with E-state index in [0.717, 1.165) is 38.1 Å². The molecule has 0 bridgehead atoms. The summed E-state index contributed by atoms with van der Waals surface area (Å²) in [6, 6.07) is 0. The van der Waals surface area contributed by atoms with Gasteiger partial charge in [0.2, 0.25) is 0 Å². The van der Waals surface area contributed by atoms with Gasteiger partial charge >= 0.3 is 0 Å². The lowest BCUT2D eigenvalue weighted by molar-refractivity contribution is 0.184. The van der Waals surface area contributed by atoms with Gasteiger partial charge in [0.25, 0.3) is 0 Å². The normalized spacial score (nSPS) is 39.0. The summed E-state index contributed by atoms with van der Waals surface area (Å²) >= 11 is 5.90. The lowest BCUT2D eigenvalue weighted by Gasteiger charge is -2.31. The topological polar surface area (TPSA) is 21.3 Å². The molecule has 2 aliphatic rings. The van der Waals surface area contributed by atoms with Crippen molar-refractivity contribution in [2.45, 2.75) is 24.6 Å². The quantitative estimate of drug-likeness (QED) is 0.702. The predicted molar refractivity (Wildman–Crippen MR) is 54.2 cm³/mol. The van der Waals surface area contributed by atoms with Crippen LogP contribution in [0.5, 0.6) is 0 Å². The summed E-state index contributed by atoms with van der Waals surface area (Å²) in [7, 11) is 0. The fourth-order valence-corrected chi connectivity index (χ4v) is 2.56. The van der Waals surface area contributed by atoms with Crippen molar-refractivity contribution >= 4 is 11.6 Å². The van der Waals surface area contributed by atoms with E-state index in [2.05, 4.69) is 5.32 Å². The van der Waals surface area contributed by atoms with E-state index in [0.29, 0.717) is 5.38 Å². The van der Waals surface area contributed by atoms with E-state index in [1.807, 2.05) is 0 Å². The van der Waals surface area contributed by atoms with Crippen molar-refractivity contribution in [3.63, 3.8) is 0 Å². The Labute approximate surface area is 85.0 Å². The first-order chi connectivity index (χ1) is 6.34. The Morgan fingerprint density at radius 2 is 2.00 bits per heavy atom. The number of ether oxygens (including phenoxy) is 1. The first-order valence-electron chi connectivity index (χ1n) is 5.27. The average molecular weight is 204 g/mol. The molecule has 3 heteroatoms. The lowest BCUT2D eigenvalue weighted by atomic mass is 9.85. The van der Waals surface area contributed by atoms with Gasteiger partial charge in [0.1, 0.15) is 0 Å². The minimum Gasteiger partial charge on any atom is -0.381 e. The Balaban J connectivity index is 1.49. The van der Waals surface area contributed by atoms with Gasteiger partial charge in [-0.05, 0) is 37.6 Å². The second-order valence-electron chi connectivity index (χ2n) is 4.32. The van der Waals surface area contributed by atoms with Crippen LogP contribution in [0.1, 0.15) is 19.3 Å². The zero-order valence-electron chi connectivity index (χ0n) is 7.97. The maximum Gasteiger partial charge on any atom is 0.0507 e. The maximum absolute atomic E-state index is 5.90. The van der Waals surface area contributed by atoms with E-state index in [1.54, 1.807) is 0 Å². The molecule has 1 aliphatic heterocycles. The van der Waals surface area contributed by atoms with Crippen molar-refractivity contribution in [1.82, 2.24) is 5.32 Å². The summed E-state index contributed by atoms with van der Waals surface area (Å²) in [5.74, 6) is 1.59. The summed E-state index contributed by atoms with van der Waals surface area (Å²) in [4.78, 5) is 0. The summed E-state index contributed by atoms with van der Waals surface area (Å²) in [5, 5.41) is 3.97. The van der Waals surface area contributed by atoms with E-state index >= 15 is 0 Å². The van der Waals surface area contributed by atoms with Gasteiger partial charge < -0.3 is 10.1 Å². The minimum absolute atomic E-state index is 0.460. The smallest absolute Gasteiger partial charge is 0.0507 e. The van der Waals surface area contributed by atoms with E-state index in [4.69, 9.17) is 16.3 Å². The van der Waals surface area contributed by atoms with E-state index in [1.165, 1.54) is 19.3 Å². The third kappa shape index (κ3) is 2.83. The Bertz CT molecular complexity index is 153. The molecule has 1 N–H and O–H groups in total. The number of rotatable bonds is 4. The highest BCUT2D eigenvalue weighted by Gasteiger charge is 2.26. The molecule has 13 heavy (non-hydrogen) atoms. The molecule has 76 valence electrons. The molecule has 0 aromatic heterocycles. The molecule has 0 radical (unpaired) electrons. The van der Waals surface area contributed by atoms with Crippen molar-refractivity contribution < 1.29 is 4.74 Å². The van der Waals surface area contributed by atoms with Crippen LogP contribution in [0.2, 0.25) is 0 Å². The first-order valence-corrected chi connectivity index (χ1v) is 5.71. The molecule has 1 saturated heterocycles. The van der Waals surface area contributed by atoms with E-state index in [-0.39, 0.29) is 0 Å². The summed E-state index contributed by atoms with van der Waals surface area (Å²) < 4.78 is 5.31. The molecule has 0 aromatic carbocycles. The molecular weight excluding hydrogens is 186 g/mol. The van der Waals surface area contributed by atoms with Crippen LogP contribution in [-0.2, 0) is 4.74 Å². The van der Waals surface area contributed by atoms with Crippen LogP contribution in [0.4, 0.5) is 0 Å². The highest BCUT2D eigenvalue weighted by atomic mass is 35.5. The average Bonchev–Trinajstić information content (AvgIpc) is 2.53. The van der Waals surface area contributed by atoms with Crippen LogP contribution in [-0.4, -0.2) is 31.7 Å². The number of alkyl halides is 1. The van der Waals surface area contributed by atoms with Crippen LogP contribution in [0, 0.1) is 11.8 Å². The molecule has 0 spiro atoms. The van der Waals surface area contributed by atoms with Crippen molar-refractivity contribution in [1.29, 1.82) is 0 Å². The van der Waals surface area contributed by atoms with Gasteiger partial charge in [0.05, 0.1) is 6.61 Å². The Morgan fingerprint density at radius 3 is 2.62 bits per heavy atom. The molecular formula is C10H18ClNO. The fraction of sp³-hybridized carbons (Fsp3) is 1.00. The zero-order valence-corrected chi connectivity index (χ0v) is 8.72. The number of nitrogens with one attached hydrogen (secondary N) is 1. The SMILES string of the molecule is ClC1CC(CNCC2CCOC2)C1. The largest absolute Gasteiger partial charge is 0.381 e. The minimum atomic E-state index is 0.460. The summed E-state index contributed by atoms with van der Waals surface area (Å²) in [6.07, 6.45) is 3.64. The van der Waals surface area contributed by atoms with Gasteiger partial charge in [-0.25, -0.2) is 0 Å². The Morgan fingerprint density at radius 1 is 1.23 bits per heavy atom. The molecule has 1 atom stereocenters. The summed E-state index contributed by atoms with van der Waals surface area (Å²) in [6.45, 7) is 4.19. The van der Waals surface area contributed by atoms with Crippen molar-refractivity contribution in [2.24, 2.45) is 11.8 Å². The lowest BCUT2D eigenvalue weighted by Crippen LogP contribution is -2.35. The molecule has 2 fully saturated rings. The predicted octanol–water partition coefficient (Wildman–Crippen LogP) is 1.63. The summed E-state index contributed by atoms with van der Waals surface area (Å²) in [5.41, 5.74) is 0. The fourth-order valence-electron chi connectivity index (χ4n) is 2.06. The van der Waals surface area contributed by atoms with Crippen molar-refractivity contribution in [3.05, 3.63) is 0 Å². The molecule has 1 saturated carbocycles. The molecule has 1 unspecified atom stereocenters. The van der Waals surface area contributed by atoms with E-state index in [9.17, 15) is 0 Å². The van der Waals surface area contributed by atoms with Gasteiger partial charge in [0, 0.05) is 18.5 Å². The van der Waals surface area contributed by atoms with Crippen molar-refractivity contribution in [2.75, 3.05) is 26.3 Å². The molecule has 1 aliphatic carbocycles. The third-order valence-corrected chi connectivity index (χ3v) is 3.42. The number of hydrogen-bond acceptors (Lipinski definition) is 2. The van der Waals surface area contributed by atoms with Crippen LogP contribution in [0.3, 0.4) is 0 Å². The Kier molecular flexibility index (Phi) is 3.47. The zero-order chi connectivity index (χ0) is 9.10. The van der Waals surface area contributed by atoms with Crippen LogP contribution >= 0.6 is 11.6 Å². The van der Waals surface area contributed by atoms with Crippen LogP contribution in [0.25, 0.3) is 0 Å². The second-order valence-corrected chi connectivity index (χ2v) is 4.94. The molecule has 1 heterocycles. The molecule has 0 aromatic rings. The molecule has 0 amide bonds. The maximum atomic E-state index is 5.90. The standard InChI is InChI=1S/C10H18ClNO/c11-10-3-9(4-10)6-12-5-8-1-2-13-7-8/h8-10,12H,1-7H2. The van der Waals surface area contributed by atoms with Gasteiger partial charge in [-0.15, -0.1) is 11.6 Å². The van der Waals surface area contributed by atoms with Crippen LogP contribution in [0.15, 0.2) is 0 Å².